The van der Waals surface area contributed by atoms with Gasteiger partial charge in [-0.2, -0.15) is 0 Å². The molecule has 0 bridgehead atoms. The third-order valence-electron chi connectivity index (χ3n) is 1.32. The topological polar surface area (TPSA) is 82.1 Å². The van der Waals surface area contributed by atoms with Crippen LogP contribution in [0.15, 0.2) is 0 Å². The molecule has 0 aliphatic carbocycles. The van der Waals surface area contributed by atoms with Gasteiger partial charge in [0.25, 0.3) is 0 Å². The van der Waals surface area contributed by atoms with E-state index in [1.54, 1.807) is 0 Å². The van der Waals surface area contributed by atoms with E-state index in [1.165, 1.54) is 6.92 Å². The number of cyclic esters (lactones) is 2. The predicted molar refractivity (Wildman–Crippen MR) is 38.9 cm³/mol. The minimum absolute atomic E-state index is 0.118. The Kier molecular flexibility index (Phi) is 3.07. The van der Waals surface area contributed by atoms with Crippen molar-refractivity contribution >= 4 is 12.1 Å². The molecule has 1 rings (SSSR count). The fourth-order valence-electron chi connectivity index (χ4n) is 0.740. The zero-order chi connectivity index (χ0) is 9.84. The van der Waals surface area contributed by atoms with Gasteiger partial charge in [0.05, 0.1) is 6.10 Å². The van der Waals surface area contributed by atoms with Crippen LogP contribution >= 0.6 is 0 Å². The smallest absolute Gasteiger partial charge is 0.460 e. The summed E-state index contributed by atoms with van der Waals surface area (Å²) in [6.07, 6.45) is -2.60. The molecule has 6 heteroatoms. The average molecular weight is 190 g/mol. The number of ether oxygens (including phenoxy) is 3. The van der Waals surface area contributed by atoms with Crippen molar-refractivity contribution in [1.29, 1.82) is 0 Å². The molecule has 2 unspecified atom stereocenters. The van der Waals surface area contributed by atoms with Gasteiger partial charge in [-0.05, 0) is 6.92 Å². The lowest BCUT2D eigenvalue weighted by molar-refractivity contribution is -0.154. The number of aliphatic hydroxyl groups is 1. The van der Waals surface area contributed by atoms with E-state index in [1.807, 2.05) is 0 Å². The second kappa shape index (κ2) is 4.08. The van der Waals surface area contributed by atoms with Crippen LogP contribution in [0.1, 0.15) is 6.92 Å². The standard InChI is InChI=1S/C7H10O6/c1-4(8)2-11-6(9)5-3-12-7(10)13-5/h4-5,8H,2-3H2,1H3. The molecule has 1 aliphatic heterocycles. The summed E-state index contributed by atoms with van der Waals surface area (Å²) in [5, 5.41) is 8.78. The predicted octanol–water partition coefficient (Wildman–Crippen LogP) is -0.554. The van der Waals surface area contributed by atoms with Gasteiger partial charge in [-0.15, -0.1) is 0 Å². The van der Waals surface area contributed by atoms with Gasteiger partial charge < -0.3 is 19.3 Å². The first-order valence-electron chi connectivity index (χ1n) is 3.77. The van der Waals surface area contributed by atoms with E-state index in [-0.39, 0.29) is 13.2 Å². The number of rotatable bonds is 3. The summed E-state index contributed by atoms with van der Waals surface area (Å²) in [5.74, 6) is -0.702. The molecule has 2 atom stereocenters. The van der Waals surface area contributed by atoms with Crippen LogP contribution in [-0.2, 0) is 19.0 Å². The minimum Gasteiger partial charge on any atom is -0.460 e. The van der Waals surface area contributed by atoms with Crippen molar-refractivity contribution in [2.45, 2.75) is 19.1 Å². The van der Waals surface area contributed by atoms with E-state index < -0.39 is 24.3 Å². The molecular formula is C7H10O6. The fourth-order valence-corrected chi connectivity index (χ4v) is 0.740. The molecule has 1 fully saturated rings. The van der Waals surface area contributed by atoms with Crippen molar-refractivity contribution in [2.75, 3.05) is 13.2 Å². The molecule has 1 saturated heterocycles. The number of carbonyl (C=O) groups is 2. The first-order chi connectivity index (χ1) is 6.09. The summed E-state index contributed by atoms with van der Waals surface area (Å²) < 4.78 is 13.4. The third-order valence-corrected chi connectivity index (χ3v) is 1.32. The first-order valence-corrected chi connectivity index (χ1v) is 3.77. The summed E-state index contributed by atoms with van der Waals surface area (Å²) >= 11 is 0. The summed E-state index contributed by atoms with van der Waals surface area (Å²) in [7, 11) is 0. The lowest BCUT2D eigenvalue weighted by Crippen LogP contribution is -2.28. The second-order valence-electron chi connectivity index (χ2n) is 2.65. The monoisotopic (exact) mass is 190 g/mol. The highest BCUT2D eigenvalue weighted by atomic mass is 16.8. The molecule has 1 N–H and O–H groups in total. The largest absolute Gasteiger partial charge is 0.509 e. The van der Waals surface area contributed by atoms with E-state index in [2.05, 4.69) is 14.2 Å². The Morgan fingerprint density at radius 1 is 1.85 bits per heavy atom. The Bertz CT molecular complexity index is 211. The number of esters is 1. The van der Waals surface area contributed by atoms with Crippen LogP contribution in [0.4, 0.5) is 4.79 Å². The zero-order valence-electron chi connectivity index (χ0n) is 7.06. The molecular weight excluding hydrogens is 180 g/mol. The van der Waals surface area contributed by atoms with Crippen LogP contribution in [0.5, 0.6) is 0 Å². The molecule has 0 saturated carbocycles. The van der Waals surface area contributed by atoms with Crippen LogP contribution in [0.2, 0.25) is 0 Å². The molecule has 13 heavy (non-hydrogen) atoms. The maximum atomic E-state index is 11.0. The van der Waals surface area contributed by atoms with Crippen molar-refractivity contribution in [3.8, 4) is 0 Å². The van der Waals surface area contributed by atoms with Gasteiger partial charge in [-0.3, -0.25) is 0 Å². The van der Waals surface area contributed by atoms with Gasteiger partial charge in [0.2, 0.25) is 6.10 Å². The van der Waals surface area contributed by atoms with Crippen LogP contribution < -0.4 is 0 Å². The highest BCUT2D eigenvalue weighted by Gasteiger charge is 2.32. The van der Waals surface area contributed by atoms with Gasteiger partial charge in [-0.25, -0.2) is 9.59 Å². The highest BCUT2D eigenvalue weighted by molar-refractivity contribution is 5.79. The molecule has 0 radical (unpaired) electrons. The van der Waals surface area contributed by atoms with Crippen molar-refractivity contribution in [3.05, 3.63) is 0 Å². The number of hydrogen-bond acceptors (Lipinski definition) is 6. The molecule has 1 heterocycles. The van der Waals surface area contributed by atoms with E-state index in [9.17, 15) is 9.59 Å². The summed E-state index contributed by atoms with van der Waals surface area (Å²) in [6, 6.07) is 0. The summed E-state index contributed by atoms with van der Waals surface area (Å²) in [6.45, 7) is 1.23. The number of hydrogen-bond donors (Lipinski definition) is 1. The third kappa shape index (κ3) is 2.90. The number of carbonyl (C=O) groups excluding carboxylic acids is 2. The van der Waals surface area contributed by atoms with E-state index in [4.69, 9.17) is 5.11 Å². The molecule has 1 aliphatic rings. The van der Waals surface area contributed by atoms with Crippen LogP contribution in [0.25, 0.3) is 0 Å². The number of aliphatic hydroxyl groups excluding tert-OH is 1. The highest BCUT2D eigenvalue weighted by Crippen LogP contribution is 2.07. The zero-order valence-corrected chi connectivity index (χ0v) is 7.06. The molecule has 74 valence electrons. The first kappa shape index (κ1) is 9.79. The minimum atomic E-state index is -0.994. The van der Waals surface area contributed by atoms with Crippen LogP contribution in [0, 0.1) is 0 Å². The molecule has 0 aromatic heterocycles. The van der Waals surface area contributed by atoms with Crippen LogP contribution in [0.3, 0.4) is 0 Å². The van der Waals surface area contributed by atoms with Gasteiger partial charge in [-0.1, -0.05) is 0 Å². The molecule has 6 nitrogen and oxygen atoms in total. The Hall–Kier alpha value is -1.30. The average Bonchev–Trinajstić information content (AvgIpc) is 2.47. The van der Waals surface area contributed by atoms with Gasteiger partial charge >= 0.3 is 12.1 Å². The normalized spacial score (nSPS) is 23.2. The maximum absolute atomic E-state index is 11.0. The second-order valence-corrected chi connectivity index (χ2v) is 2.65. The lowest BCUT2D eigenvalue weighted by atomic mass is 10.4. The van der Waals surface area contributed by atoms with E-state index >= 15 is 0 Å². The van der Waals surface area contributed by atoms with Crippen LogP contribution in [-0.4, -0.2) is 42.7 Å². The Balaban J connectivity index is 2.27. The molecule has 0 aromatic carbocycles. The molecule has 0 amide bonds. The Morgan fingerprint density at radius 2 is 2.54 bits per heavy atom. The summed E-state index contributed by atoms with van der Waals surface area (Å²) in [4.78, 5) is 21.4. The summed E-state index contributed by atoms with van der Waals surface area (Å²) in [5.41, 5.74) is 0. The lowest BCUT2D eigenvalue weighted by Gasteiger charge is -2.08. The van der Waals surface area contributed by atoms with Gasteiger partial charge in [0.1, 0.15) is 13.2 Å². The van der Waals surface area contributed by atoms with E-state index in [0.29, 0.717) is 0 Å². The van der Waals surface area contributed by atoms with Crippen molar-refractivity contribution in [2.24, 2.45) is 0 Å². The molecule has 0 spiro atoms. The maximum Gasteiger partial charge on any atom is 0.509 e. The fraction of sp³-hybridized carbons (Fsp3) is 0.714. The van der Waals surface area contributed by atoms with Crippen molar-refractivity contribution < 1.29 is 28.9 Å². The Labute approximate surface area is 74.4 Å². The Morgan fingerprint density at radius 3 is 3.00 bits per heavy atom. The van der Waals surface area contributed by atoms with Crippen molar-refractivity contribution in [1.82, 2.24) is 0 Å². The SMILES string of the molecule is CC(O)COC(=O)C1COC(=O)O1. The van der Waals surface area contributed by atoms with Crippen molar-refractivity contribution in [3.63, 3.8) is 0 Å². The van der Waals surface area contributed by atoms with Gasteiger partial charge in [0, 0.05) is 0 Å². The van der Waals surface area contributed by atoms with E-state index in [0.717, 1.165) is 0 Å². The quantitative estimate of drug-likeness (QED) is 0.601. The van der Waals surface area contributed by atoms with Gasteiger partial charge in [0.15, 0.2) is 0 Å². The molecule has 0 aromatic rings.